The van der Waals surface area contributed by atoms with Gasteiger partial charge >= 0.3 is 5.97 Å². The molecule has 1 heterocycles. The predicted molar refractivity (Wildman–Crippen MR) is 109 cm³/mol. The van der Waals surface area contributed by atoms with Crippen LogP contribution in [0.4, 0.5) is 0 Å². The first-order valence-electron chi connectivity index (χ1n) is 9.98. The smallest absolute Gasteiger partial charge is 0.303 e. The van der Waals surface area contributed by atoms with Crippen molar-refractivity contribution >= 4 is 5.97 Å². The molecule has 4 N–H and O–H groups in total. The lowest BCUT2D eigenvalue weighted by Crippen LogP contribution is -2.24. The minimum absolute atomic E-state index is 0.132. The summed E-state index contributed by atoms with van der Waals surface area (Å²) in [7, 11) is 0. The first-order chi connectivity index (χ1) is 13.4. The molecule has 0 bridgehead atoms. The zero-order chi connectivity index (χ0) is 20.8. The van der Waals surface area contributed by atoms with Gasteiger partial charge in [-0.15, -0.1) is 0 Å². The molecule has 6 heteroatoms. The molecule has 1 saturated heterocycles. The molecule has 0 unspecified atom stereocenters. The van der Waals surface area contributed by atoms with Crippen molar-refractivity contribution in [1.82, 2.24) is 0 Å². The fourth-order valence-corrected chi connectivity index (χ4v) is 2.87. The molecule has 0 aliphatic carbocycles. The minimum atomic E-state index is -0.870. The number of carboxylic acids is 1. The largest absolute Gasteiger partial charge is 0.481 e. The first kappa shape index (κ1) is 24.3. The lowest BCUT2D eigenvalue weighted by molar-refractivity contribution is -0.136. The standard InChI is InChI=1S/C22H34O6/c1-2-3-8-11-17(23)14-15-18(24)21-16-19(25)20(28-21)12-9-6-4-5-7-10-13-22(26)27/h3,5-9,14-15,17-21,23-25H,2,4,10-13,16H2,1H3,(H,26,27)/b7-5-,8-3-,9-6-,15-14+/t17-,18+,19+,20+,21+/m0/s1. The van der Waals surface area contributed by atoms with Gasteiger partial charge in [-0.1, -0.05) is 55.5 Å². The van der Waals surface area contributed by atoms with Gasteiger partial charge in [0.05, 0.1) is 30.5 Å². The maximum atomic E-state index is 10.4. The number of allylic oxidation sites excluding steroid dienone is 4. The topological polar surface area (TPSA) is 107 Å². The number of hydrogen-bond acceptors (Lipinski definition) is 5. The maximum Gasteiger partial charge on any atom is 0.303 e. The summed E-state index contributed by atoms with van der Waals surface area (Å²) >= 11 is 0. The number of hydrogen-bond donors (Lipinski definition) is 4. The third-order valence-corrected chi connectivity index (χ3v) is 4.44. The van der Waals surface area contributed by atoms with Crippen LogP contribution in [-0.4, -0.2) is 56.9 Å². The number of carbonyl (C=O) groups is 1. The summed E-state index contributed by atoms with van der Waals surface area (Å²) in [6.07, 6.45) is 15.2. The van der Waals surface area contributed by atoms with Gasteiger partial charge in [-0.05, 0) is 32.1 Å². The summed E-state index contributed by atoms with van der Waals surface area (Å²) < 4.78 is 5.76. The van der Waals surface area contributed by atoms with E-state index in [2.05, 4.69) is 0 Å². The van der Waals surface area contributed by atoms with Crippen molar-refractivity contribution in [3.63, 3.8) is 0 Å². The van der Waals surface area contributed by atoms with Crippen LogP contribution in [0.1, 0.15) is 51.9 Å². The molecule has 0 amide bonds. The van der Waals surface area contributed by atoms with Gasteiger partial charge in [-0.25, -0.2) is 0 Å². The highest BCUT2D eigenvalue weighted by Gasteiger charge is 2.36. The third-order valence-electron chi connectivity index (χ3n) is 4.44. The Morgan fingerprint density at radius 3 is 2.57 bits per heavy atom. The van der Waals surface area contributed by atoms with Gasteiger partial charge in [-0.2, -0.15) is 0 Å². The van der Waals surface area contributed by atoms with E-state index in [1.54, 1.807) is 6.08 Å². The quantitative estimate of drug-likeness (QED) is 0.358. The van der Waals surface area contributed by atoms with Crippen molar-refractivity contribution < 1.29 is 30.0 Å². The highest BCUT2D eigenvalue weighted by atomic mass is 16.5. The Hall–Kier alpha value is -1.73. The second kappa shape index (κ2) is 14.3. The van der Waals surface area contributed by atoms with Gasteiger partial charge in [0.25, 0.3) is 0 Å². The molecule has 1 fully saturated rings. The highest BCUT2D eigenvalue weighted by molar-refractivity contribution is 5.66. The number of rotatable bonds is 13. The number of aliphatic carboxylic acids is 1. The van der Waals surface area contributed by atoms with Gasteiger partial charge in [-0.3, -0.25) is 4.79 Å². The molecule has 1 aliphatic rings. The molecular formula is C22H34O6. The molecule has 1 aliphatic heterocycles. The Bertz CT molecular complexity index is 551. The van der Waals surface area contributed by atoms with E-state index in [4.69, 9.17) is 9.84 Å². The van der Waals surface area contributed by atoms with Crippen LogP contribution >= 0.6 is 0 Å². The summed E-state index contributed by atoms with van der Waals surface area (Å²) in [6.45, 7) is 2.02. The molecule has 0 aromatic heterocycles. The van der Waals surface area contributed by atoms with Crippen molar-refractivity contribution in [2.45, 2.75) is 82.4 Å². The monoisotopic (exact) mass is 394 g/mol. The Kier molecular flexibility index (Phi) is 12.4. The molecule has 158 valence electrons. The maximum absolute atomic E-state index is 10.4. The molecule has 28 heavy (non-hydrogen) atoms. The van der Waals surface area contributed by atoms with Gasteiger partial charge in [0.15, 0.2) is 0 Å². The zero-order valence-corrected chi connectivity index (χ0v) is 16.6. The summed E-state index contributed by atoms with van der Waals surface area (Å²) in [6, 6.07) is 0. The van der Waals surface area contributed by atoms with Crippen LogP contribution in [0, 0.1) is 0 Å². The van der Waals surface area contributed by atoms with Gasteiger partial charge < -0.3 is 25.2 Å². The van der Waals surface area contributed by atoms with Crippen molar-refractivity contribution in [1.29, 1.82) is 0 Å². The van der Waals surface area contributed by atoms with E-state index in [0.717, 1.165) is 6.42 Å². The second-order valence-electron chi connectivity index (χ2n) is 6.92. The Morgan fingerprint density at radius 2 is 1.86 bits per heavy atom. The predicted octanol–water partition coefficient (Wildman–Crippen LogP) is 2.90. The van der Waals surface area contributed by atoms with Crippen LogP contribution in [0.3, 0.4) is 0 Å². The Morgan fingerprint density at radius 1 is 1.11 bits per heavy atom. The van der Waals surface area contributed by atoms with E-state index >= 15 is 0 Å². The number of aliphatic hydroxyl groups excluding tert-OH is 3. The fourth-order valence-electron chi connectivity index (χ4n) is 2.87. The lowest BCUT2D eigenvalue weighted by Gasteiger charge is -2.16. The summed E-state index contributed by atoms with van der Waals surface area (Å²) in [4.78, 5) is 10.4. The van der Waals surface area contributed by atoms with Crippen LogP contribution in [0.25, 0.3) is 0 Å². The Balaban J connectivity index is 2.32. The lowest BCUT2D eigenvalue weighted by atomic mass is 10.0. The normalized spacial score (nSPS) is 25.5. The molecule has 6 nitrogen and oxygen atoms in total. The molecule has 0 aromatic rings. The highest BCUT2D eigenvalue weighted by Crippen LogP contribution is 2.26. The number of aliphatic hydroxyl groups is 3. The molecule has 1 rings (SSSR count). The summed E-state index contributed by atoms with van der Waals surface area (Å²) in [5.74, 6) is -0.804. The molecule has 0 radical (unpaired) electrons. The van der Waals surface area contributed by atoms with Crippen LogP contribution in [-0.2, 0) is 9.53 Å². The average Bonchev–Trinajstić information content (AvgIpc) is 3.02. The van der Waals surface area contributed by atoms with E-state index in [1.807, 2.05) is 43.4 Å². The van der Waals surface area contributed by atoms with E-state index in [0.29, 0.717) is 32.1 Å². The number of carboxylic acid groups (broad SMARTS) is 1. The second-order valence-corrected chi connectivity index (χ2v) is 6.92. The molecular weight excluding hydrogens is 360 g/mol. The minimum Gasteiger partial charge on any atom is -0.481 e. The van der Waals surface area contributed by atoms with Gasteiger partial charge in [0.1, 0.15) is 0 Å². The average molecular weight is 395 g/mol. The van der Waals surface area contributed by atoms with Crippen molar-refractivity contribution in [2.24, 2.45) is 0 Å². The van der Waals surface area contributed by atoms with Crippen LogP contribution in [0.2, 0.25) is 0 Å². The van der Waals surface area contributed by atoms with E-state index < -0.39 is 30.4 Å². The van der Waals surface area contributed by atoms with E-state index in [1.165, 1.54) is 6.08 Å². The van der Waals surface area contributed by atoms with Crippen LogP contribution < -0.4 is 0 Å². The summed E-state index contributed by atoms with van der Waals surface area (Å²) in [5, 5.41) is 38.7. The first-order valence-corrected chi connectivity index (χ1v) is 9.98. The number of ether oxygens (including phenoxy) is 1. The SMILES string of the molecule is CC/C=C\C[C@H](O)/C=C/[C@@H](O)[C@H]1C[C@@H](O)[C@@H](C/C=C\C/C=C\CCC(=O)O)O1. The van der Waals surface area contributed by atoms with Gasteiger partial charge in [0, 0.05) is 12.8 Å². The van der Waals surface area contributed by atoms with Crippen LogP contribution in [0.15, 0.2) is 48.6 Å². The van der Waals surface area contributed by atoms with Gasteiger partial charge in [0.2, 0.25) is 0 Å². The molecule has 0 aromatic carbocycles. The summed E-state index contributed by atoms with van der Waals surface area (Å²) in [5.41, 5.74) is 0. The van der Waals surface area contributed by atoms with Crippen molar-refractivity contribution in [2.75, 3.05) is 0 Å². The van der Waals surface area contributed by atoms with Crippen LogP contribution in [0.5, 0.6) is 0 Å². The van der Waals surface area contributed by atoms with Crippen molar-refractivity contribution in [3.05, 3.63) is 48.6 Å². The van der Waals surface area contributed by atoms with E-state index in [-0.39, 0.29) is 12.5 Å². The fraction of sp³-hybridized carbons (Fsp3) is 0.591. The van der Waals surface area contributed by atoms with Crippen molar-refractivity contribution in [3.8, 4) is 0 Å². The molecule has 5 atom stereocenters. The zero-order valence-electron chi connectivity index (χ0n) is 16.6. The van der Waals surface area contributed by atoms with E-state index in [9.17, 15) is 20.1 Å². The molecule has 0 spiro atoms. The third kappa shape index (κ3) is 10.6. The Labute approximate surface area is 167 Å². The molecule has 0 saturated carbocycles.